The molecule has 132 valence electrons. The second-order valence-electron chi connectivity index (χ2n) is 6.04. The van der Waals surface area contributed by atoms with Crippen molar-refractivity contribution in [1.29, 1.82) is 0 Å². The van der Waals surface area contributed by atoms with E-state index in [-0.39, 0.29) is 10.5 Å². The van der Waals surface area contributed by atoms with E-state index >= 15 is 0 Å². The molecule has 0 heterocycles. The van der Waals surface area contributed by atoms with Gasteiger partial charge in [-0.05, 0) is 41.8 Å². The standard InChI is InChI=1S/C18H19NO5S/c1-11-9-13(18(21)24-2)7-8-16(11)25(22,23)19-17-14-6-4-3-5-12(14)10-15(17)20/h3-9,15,17,19-20H,10H2,1-2H3/t15-,17+/m0/s1. The van der Waals surface area contributed by atoms with Gasteiger partial charge in [0.2, 0.25) is 10.0 Å². The molecule has 6 nitrogen and oxygen atoms in total. The first-order chi connectivity index (χ1) is 11.8. The van der Waals surface area contributed by atoms with Crippen molar-refractivity contribution in [3.05, 3.63) is 64.7 Å². The van der Waals surface area contributed by atoms with Crippen LogP contribution in [0.1, 0.15) is 33.1 Å². The Hall–Kier alpha value is -2.22. The molecule has 0 saturated carbocycles. The first kappa shape index (κ1) is 17.6. The Labute approximate surface area is 146 Å². The topological polar surface area (TPSA) is 92.7 Å². The van der Waals surface area contributed by atoms with Gasteiger partial charge in [-0.3, -0.25) is 0 Å². The van der Waals surface area contributed by atoms with Crippen LogP contribution < -0.4 is 4.72 Å². The summed E-state index contributed by atoms with van der Waals surface area (Å²) in [7, 11) is -2.59. The number of esters is 1. The van der Waals surface area contributed by atoms with E-state index in [1.807, 2.05) is 24.3 Å². The second-order valence-corrected chi connectivity index (χ2v) is 7.72. The molecule has 2 N–H and O–H groups in total. The molecule has 0 unspecified atom stereocenters. The van der Waals surface area contributed by atoms with Crippen LogP contribution in [-0.4, -0.2) is 32.7 Å². The summed E-state index contributed by atoms with van der Waals surface area (Å²) in [6.07, 6.45) is -0.411. The number of fused-ring (bicyclic) bond motifs is 1. The molecule has 2 atom stereocenters. The lowest BCUT2D eigenvalue weighted by molar-refractivity contribution is 0.0600. The Bertz CT molecular complexity index is 923. The summed E-state index contributed by atoms with van der Waals surface area (Å²) < 4.78 is 32.8. The van der Waals surface area contributed by atoms with Gasteiger partial charge < -0.3 is 9.84 Å². The molecule has 2 aromatic rings. The average molecular weight is 361 g/mol. The van der Waals surface area contributed by atoms with Crippen molar-refractivity contribution in [2.45, 2.75) is 30.4 Å². The molecule has 3 rings (SSSR count). The molecule has 0 aliphatic heterocycles. The van der Waals surface area contributed by atoms with Gasteiger partial charge in [-0.2, -0.15) is 0 Å². The number of benzene rings is 2. The molecule has 0 spiro atoms. The largest absolute Gasteiger partial charge is 0.465 e. The number of sulfonamides is 1. The zero-order valence-electron chi connectivity index (χ0n) is 13.9. The molecule has 0 fully saturated rings. The number of aryl methyl sites for hydroxylation is 1. The molecule has 1 aliphatic carbocycles. The summed E-state index contributed by atoms with van der Waals surface area (Å²) in [5.74, 6) is -0.528. The first-order valence-corrected chi connectivity index (χ1v) is 9.29. The van der Waals surface area contributed by atoms with Gasteiger partial charge in [-0.25, -0.2) is 17.9 Å². The zero-order valence-corrected chi connectivity index (χ0v) is 14.7. The van der Waals surface area contributed by atoms with E-state index in [2.05, 4.69) is 9.46 Å². The summed E-state index contributed by atoms with van der Waals surface area (Å²) in [5.41, 5.74) is 2.42. The van der Waals surface area contributed by atoms with Gasteiger partial charge in [0, 0.05) is 6.42 Å². The predicted octanol–water partition coefficient (Wildman–Crippen LogP) is 1.72. The molecular weight excluding hydrogens is 342 g/mol. The summed E-state index contributed by atoms with van der Waals surface area (Å²) in [6.45, 7) is 1.61. The highest BCUT2D eigenvalue weighted by molar-refractivity contribution is 7.89. The molecule has 0 saturated heterocycles. The quantitative estimate of drug-likeness (QED) is 0.809. The third-order valence-electron chi connectivity index (χ3n) is 4.37. The molecule has 25 heavy (non-hydrogen) atoms. The fourth-order valence-corrected chi connectivity index (χ4v) is 4.62. The Morgan fingerprint density at radius 2 is 1.96 bits per heavy atom. The van der Waals surface area contributed by atoms with Crippen LogP contribution in [0.5, 0.6) is 0 Å². The van der Waals surface area contributed by atoms with E-state index in [0.29, 0.717) is 12.0 Å². The molecule has 2 aromatic carbocycles. The highest BCUT2D eigenvalue weighted by Crippen LogP contribution is 2.32. The summed E-state index contributed by atoms with van der Waals surface area (Å²) in [6, 6.07) is 10.9. The van der Waals surface area contributed by atoms with Crippen molar-refractivity contribution < 1.29 is 23.1 Å². The van der Waals surface area contributed by atoms with Gasteiger partial charge in [-0.15, -0.1) is 0 Å². The van der Waals surface area contributed by atoms with Crippen LogP contribution in [-0.2, 0) is 21.2 Å². The van der Waals surface area contributed by atoms with Gasteiger partial charge in [-0.1, -0.05) is 24.3 Å². The van der Waals surface area contributed by atoms with Gasteiger partial charge in [0.25, 0.3) is 0 Å². The van der Waals surface area contributed by atoms with E-state index in [1.165, 1.54) is 25.3 Å². The number of carbonyl (C=O) groups is 1. The molecule has 0 aromatic heterocycles. The number of aliphatic hydroxyl groups is 1. The van der Waals surface area contributed by atoms with E-state index < -0.39 is 28.1 Å². The van der Waals surface area contributed by atoms with Crippen molar-refractivity contribution in [3.63, 3.8) is 0 Å². The summed E-state index contributed by atoms with van der Waals surface area (Å²) in [5, 5.41) is 10.3. The third-order valence-corrected chi connectivity index (χ3v) is 5.97. The molecule has 0 amide bonds. The van der Waals surface area contributed by atoms with Crippen LogP contribution in [0.25, 0.3) is 0 Å². The van der Waals surface area contributed by atoms with Crippen LogP contribution in [0.2, 0.25) is 0 Å². The van der Waals surface area contributed by atoms with Crippen LogP contribution >= 0.6 is 0 Å². The Morgan fingerprint density at radius 3 is 2.64 bits per heavy atom. The fraction of sp³-hybridized carbons (Fsp3) is 0.278. The predicted molar refractivity (Wildman–Crippen MR) is 91.7 cm³/mol. The lowest BCUT2D eigenvalue weighted by atomic mass is 10.1. The third kappa shape index (κ3) is 3.30. The minimum atomic E-state index is -3.86. The number of aliphatic hydroxyl groups excluding tert-OH is 1. The van der Waals surface area contributed by atoms with Crippen LogP contribution in [0, 0.1) is 6.92 Å². The highest BCUT2D eigenvalue weighted by atomic mass is 32.2. The zero-order chi connectivity index (χ0) is 18.2. The van der Waals surface area contributed by atoms with E-state index in [4.69, 9.17) is 0 Å². The van der Waals surface area contributed by atoms with Crippen molar-refractivity contribution in [1.82, 2.24) is 4.72 Å². The van der Waals surface area contributed by atoms with Crippen molar-refractivity contribution in [2.75, 3.05) is 7.11 Å². The number of ether oxygens (including phenoxy) is 1. The Morgan fingerprint density at radius 1 is 1.24 bits per heavy atom. The number of rotatable bonds is 4. The number of hydrogen-bond donors (Lipinski definition) is 2. The molecule has 0 radical (unpaired) electrons. The first-order valence-electron chi connectivity index (χ1n) is 7.80. The van der Waals surface area contributed by atoms with Gasteiger partial charge >= 0.3 is 5.97 Å². The molecule has 0 bridgehead atoms. The van der Waals surface area contributed by atoms with Crippen LogP contribution in [0.4, 0.5) is 0 Å². The van der Waals surface area contributed by atoms with Gasteiger partial charge in [0.1, 0.15) is 0 Å². The lowest BCUT2D eigenvalue weighted by Gasteiger charge is -2.19. The fourth-order valence-electron chi connectivity index (χ4n) is 3.14. The van der Waals surface area contributed by atoms with Crippen LogP contribution in [0.3, 0.4) is 0 Å². The van der Waals surface area contributed by atoms with E-state index in [9.17, 15) is 18.3 Å². The maximum Gasteiger partial charge on any atom is 0.337 e. The van der Waals surface area contributed by atoms with Gasteiger partial charge in [0.15, 0.2) is 0 Å². The number of hydrogen-bond acceptors (Lipinski definition) is 5. The van der Waals surface area contributed by atoms with Gasteiger partial charge in [0.05, 0.1) is 29.7 Å². The minimum absolute atomic E-state index is 0.0664. The number of nitrogens with one attached hydrogen (secondary N) is 1. The van der Waals surface area contributed by atoms with Crippen LogP contribution in [0.15, 0.2) is 47.4 Å². The smallest absolute Gasteiger partial charge is 0.337 e. The lowest BCUT2D eigenvalue weighted by Crippen LogP contribution is -2.34. The maximum atomic E-state index is 12.8. The maximum absolute atomic E-state index is 12.8. The van der Waals surface area contributed by atoms with E-state index in [0.717, 1.165) is 11.1 Å². The molecule has 7 heteroatoms. The van der Waals surface area contributed by atoms with Crippen molar-refractivity contribution in [2.24, 2.45) is 0 Å². The average Bonchev–Trinajstić information content (AvgIpc) is 2.89. The summed E-state index contributed by atoms with van der Waals surface area (Å²) in [4.78, 5) is 11.6. The minimum Gasteiger partial charge on any atom is -0.465 e. The van der Waals surface area contributed by atoms with Crippen molar-refractivity contribution in [3.8, 4) is 0 Å². The number of methoxy groups -OCH3 is 1. The van der Waals surface area contributed by atoms with Crippen molar-refractivity contribution >= 4 is 16.0 Å². The highest BCUT2D eigenvalue weighted by Gasteiger charge is 2.34. The Balaban J connectivity index is 1.92. The monoisotopic (exact) mass is 361 g/mol. The second kappa shape index (κ2) is 6.59. The molecule has 1 aliphatic rings. The van der Waals surface area contributed by atoms with E-state index in [1.54, 1.807) is 6.92 Å². The number of carbonyl (C=O) groups excluding carboxylic acids is 1. The molecular formula is C18H19NO5S. The summed E-state index contributed by atoms with van der Waals surface area (Å²) >= 11 is 0. The normalized spacial score (nSPS) is 19.5. The SMILES string of the molecule is COC(=O)c1ccc(S(=O)(=O)N[C@@H]2c3ccccc3C[C@@H]2O)c(C)c1. The Kier molecular flexibility index (Phi) is 4.64.